The first kappa shape index (κ1) is 9.78. The van der Waals surface area contributed by atoms with Crippen LogP contribution in [0.5, 0.6) is 0 Å². The highest BCUT2D eigenvalue weighted by atomic mass is 14.8. The molecule has 0 aliphatic rings. The molecule has 0 unspecified atom stereocenters. The third-order valence-electron chi connectivity index (χ3n) is 2.73. The van der Waals surface area contributed by atoms with Crippen LogP contribution in [-0.2, 0) is 0 Å². The van der Waals surface area contributed by atoms with Gasteiger partial charge < -0.3 is 5.73 Å². The Morgan fingerprint density at radius 2 is 1.59 bits per heavy atom. The minimum atomic E-state index is 0.757. The molecule has 0 bridgehead atoms. The Morgan fingerprint density at radius 3 is 2.41 bits per heavy atom. The van der Waals surface area contributed by atoms with Gasteiger partial charge in [-0.15, -0.1) is 0 Å². The molecule has 82 valence electrons. The predicted octanol–water partition coefficient (Wildman–Crippen LogP) is 2.88. The van der Waals surface area contributed by atoms with Crippen LogP contribution in [0.15, 0.2) is 54.9 Å². The van der Waals surface area contributed by atoms with E-state index in [1.54, 1.807) is 6.33 Å². The van der Waals surface area contributed by atoms with Crippen molar-refractivity contribution in [1.29, 1.82) is 0 Å². The monoisotopic (exact) mass is 221 g/mol. The van der Waals surface area contributed by atoms with Gasteiger partial charge >= 0.3 is 0 Å². The normalized spacial score (nSPS) is 10.6. The predicted molar refractivity (Wildman–Crippen MR) is 69.4 cm³/mol. The Labute approximate surface area is 98.9 Å². The molecule has 2 N–H and O–H groups in total. The molecule has 0 aliphatic carbocycles. The first-order chi connectivity index (χ1) is 8.34. The van der Waals surface area contributed by atoms with Gasteiger partial charge in [0.1, 0.15) is 6.33 Å². The maximum absolute atomic E-state index is 5.68. The molecular formula is C14H11N3. The summed E-state index contributed by atoms with van der Waals surface area (Å²) in [4.78, 5) is 8.60. The number of hydrogen-bond donors (Lipinski definition) is 1. The van der Waals surface area contributed by atoms with E-state index in [9.17, 15) is 0 Å². The average molecular weight is 221 g/mol. The van der Waals surface area contributed by atoms with E-state index in [0.29, 0.717) is 0 Å². The highest BCUT2D eigenvalue weighted by Gasteiger charge is 2.04. The molecule has 3 heteroatoms. The van der Waals surface area contributed by atoms with E-state index in [0.717, 1.165) is 27.8 Å². The van der Waals surface area contributed by atoms with Crippen LogP contribution < -0.4 is 5.73 Å². The number of para-hydroxylation sites is 1. The van der Waals surface area contributed by atoms with Gasteiger partial charge in [0.2, 0.25) is 0 Å². The van der Waals surface area contributed by atoms with Crippen molar-refractivity contribution in [3.05, 3.63) is 54.9 Å². The molecule has 3 rings (SSSR count). The maximum Gasteiger partial charge on any atom is 0.116 e. The van der Waals surface area contributed by atoms with Crippen LogP contribution >= 0.6 is 0 Å². The molecule has 2 aromatic carbocycles. The van der Waals surface area contributed by atoms with E-state index in [1.807, 2.05) is 48.5 Å². The van der Waals surface area contributed by atoms with Crippen molar-refractivity contribution < 1.29 is 0 Å². The fraction of sp³-hybridized carbons (Fsp3) is 0. The van der Waals surface area contributed by atoms with Crippen molar-refractivity contribution in [3.63, 3.8) is 0 Å². The first-order valence-electron chi connectivity index (χ1n) is 5.40. The van der Waals surface area contributed by atoms with Gasteiger partial charge in [-0.1, -0.05) is 30.3 Å². The second kappa shape index (κ2) is 3.87. The van der Waals surface area contributed by atoms with E-state index in [2.05, 4.69) is 9.97 Å². The maximum atomic E-state index is 5.68. The zero-order valence-corrected chi connectivity index (χ0v) is 9.17. The summed E-state index contributed by atoms with van der Waals surface area (Å²) in [6, 6.07) is 15.7. The van der Waals surface area contributed by atoms with E-state index in [-0.39, 0.29) is 0 Å². The second-order valence-corrected chi connectivity index (χ2v) is 3.86. The van der Waals surface area contributed by atoms with E-state index < -0.39 is 0 Å². The van der Waals surface area contributed by atoms with Gasteiger partial charge in [-0.25, -0.2) is 9.97 Å². The topological polar surface area (TPSA) is 51.8 Å². The highest BCUT2D eigenvalue weighted by Crippen LogP contribution is 2.25. The summed E-state index contributed by atoms with van der Waals surface area (Å²) in [5, 5.41) is 1.06. The largest absolute Gasteiger partial charge is 0.399 e. The number of nitrogens with zero attached hydrogens (tertiary/aromatic N) is 2. The van der Waals surface area contributed by atoms with Gasteiger partial charge in [0, 0.05) is 16.6 Å². The lowest BCUT2D eigenvalue weighted by Gasteiger charge is -2.05. The number of anilines is 1. The molecule has 1 aromatic heterocycles. The number of nitrogen functional groups attached to an aromatic ring is 1. The Hall–Kier alpha value is -2.42. The standard InChI is InChI=1S/C14H11N3/c15-11-7-5-10(6-8-11)14-12-3-1-2-4-13(12)16-9-17-14/h1-9H,15H2. The Balaban J connectivity index is 2.27. The van der Waals surface area contributed by atoms with Gasteiger partial charge in [-0.3, -0.25) is 0 Å². The lowest BCUT2D eigenvalue weighted by Crippen LogP contribution is -1.89. The summed E-state index contributed by atoms with van der Waals surface area (Å²) in [6.45, 7) is 0. The van der Waals surface area contributed by atoms with E-state index >= 15 is 0 Å². The third-order valence-corrected chi connectivity index (χ3v) is 2.73. The zero-order chi connectivity index (χ0) is 11.7. The third kappa shape index (κ3) is 1.72. The Bertz CT molecular complexity index is 654. The number of nitrogens with two attached hydrogens (primary N) is 1. The highest BCUT2D eigenvalue weighted by molar-refractivity contribution is 5.92. The smallest absolute Gasteiger partial charge is 0.116 e. The van der Waals surface area contributed by atoms with Gasteiger partial charge in [-0.05, 0) is 18.2 Å². The van der Waals surface area contributed by atoms with Crippen molar-refractivity contribution in [2.75, 3.05) is 5.73 Å². The summed E-state index contributed by atoms with van der Waals surface area (Å²) in [5.41, 5.74) is 9.39. The summed E-state index contributed by atoms with van der Waals surface area (Å²) < 4.78 is 0. The molecule has 0 saturated carbocycles. The fourth-order valence-electron chi connectivity index (χ4n) is 1.88. The van der Waals surface area contributed by atoms with Crippen molar-refractivity contribution in [2.45, 2.75) is 0 Å². The Morgan fingerprint density at radius 1 is 0.824 bits per heavy atom. The van der Waals surface area contributed by atoms with Gasteiger partial charge in [0.15, 0.2) is 0 Å². The quantitative estimate of drug-likeness (QED) is 0.643. The summed E-state index contributed by atoms with van der Waals surface area (Å²) in [5.74, 6) is 0. The summed E-state index contributed by atoms with van der Waals surface area (Å²) in [6.07, 6.45) is 1.59. The van der Waals surface area contributed by atoms with Gasteiger partial charge in [-0.2, -0.15) is 0 Å². The fourth-order valence-corrected chi connectivity index (χ4v) is 1.88. The van der Waals surface area contributed by atoms with Crippen LogP contribution in [-0.4, -0.2) is 9.97 Å². The van der Waals surface area contributed by atoms with Crippen molar-refractivity contribution in [3.8, 4) is 11.3 Å². The van der Waals surface area contributed by atoms with Crippen LogP contribution in [0.3, 0.4) is 0 Å². The van der Waals surface area contributed by atoms with Crippen molar-refractivity contribution in [1.82, 2.24) is 9.97 Å². The molecule has 1 heterocycles. The van der Waals surface area contributed by atoms with Crippen LogP contribution in [0.1, 0.15) is 0 Å². The average Bonchev–Trinajstić information content (AvgIpc) is 2.39. The molecular weight excluding hydrogens is 210 g/mol. The van der Waals surface area contributed by atoms with Crippen molar-refractivity contribution >= 4 is 16.6 Å². The zero-order valence-electron chi connectivity index (χ0n) is 9.17. The van der Waals surface area contributed by atoms with E-state index in [4.69, 9.17) is 5.73 Å². The molecule has 3 aromatic rings. The number of hydrogen-bond acceptors (Lipinski definition) is 3. The summed E-state index contributed by atoms with van der Waals surface area (Å²) in [7, 11) is 0. The molecule has 0 atom stereocenters. The SMILES string of the molecule is Nc1ccc(-c2ncnc3ccccc23)cc1. The molecule has 0 aliphatic heterocycles. The first-order valence-corrected chi connectivity index (χ1v) is 5.40. The molecule has 17 heavy (non-hydrogen) atoms. The van der Waals surface area contributed by atoms with E-state index in [1.165, 1.54) is 0 Å². The Kier molecular flexibility index (Phi) is 2.22. The van der Waals surface area contributed by atoms with Crippen LogP contribution in [0.2, 0.25) is 0 Å². The summed E-state index contributed by atoms with van der Waals surface area (Å²) >= 11 is 0. The van der Waals surface area contributed by atoms with Gasteiger partial charge in [0.25, 0.3) is 0 Å². The molecule has 0 fully saturated rings. The molecule has 0 saturated heterocycles. The minimum Gasteiger partial charge on any atom is -0.399 e. The van der Waals surface area contributed by atoms with Crippen LogP contribution in [0.25, 0.3) is 22.2 Å². The van der Waals surface area contributed by atoms with Crippen molar-refractivity contribution in [2.24, 2.45) is 0 Å². The number of aromatic nitrogens is 2. The number of rotatable bonds is 1. The lowest BCUT2D eigenvalue weighted by atomic mass is 10.1. The number of benzene rings is 2. The molecule has 0 radical (unpaired) electrons. The second-order valence-electron chi connectivity index (χ2n) is 3.86. The molecule has 3 nitrogen and oxygen atoms in total. The lowest BCUT2D eigenvalue weighted by molar-refractivity contribution is 1.22. The van der Waals surface area contributed by atoms with Gasteiger partial charge in [0.05, 0.1) is 11.2 Å². The van der Waals surface area contributed by atoms with Crippen LogP contribution in [0, 0.1) is 0 Å². The molecule has 0 amide bonds. The minimum absolute atomic E-state index is 0.757. The van der Waals surface area contributed by atoms with Crippen LogP contribution in [0.4, 0.5) is 5.69 Å². The molecule has 0 spiro atoms. The number of fused-ring (bicyclic) bond motifs is 1.